The first-order chi connectivity index (χ1) is 16.8. The van der Waals surface area contributed by atoms with E-state index in [4.69, 9.17) is 9.47 Å². The number of hydrogen-bond donors (Lipinski definition) is 1. The van der Waals surface area contributed by atoms with Gasteiger partial charge in [-0.25, -0.2) is 9.97 Å². The zero-order valence-corrected chi connectivity index (χ0v) is 19.0. The van der Waals surface area contributed by atoms with Crippen molar-refractivity contribution in [1.82, 2.24) is 19.9 Å². The zero-order chi connectivity index (χ0) is 23.2. The van der Waals surface area contributed by atoms with E-state index in [0.29, 0.717) is 55.6 Å². The van der Waals surface area contributed by atoms with E-state index in [-0.39, 0.29) is 5.91 Å². The summed E-state index contributed by atoms with van der Waals surface area (Å²) in [5.74, 6) is 1.19. The van der Waals surface area contributed by atoms with Crippen LogP contribution in [0.4, 0.5) is 11.5 Å². The molecule has 0 spiro atoms. The number of carbonyl (C=O) groups is 1. The molecule has 1 aromatic carbocycles. The maximum atomic E-state index is 12.8. The van der Waals surface area contributed by atoms with Crippen LogP contribution in [0.1, 0.15) is 15.9 Å². The number of pyridine rings is 1. The van der Waals surface area contributed by atoms with E-state index in [1.54, 1.807) is 29.6 Å². The number of carbonyl (C=O) groups excluding carboxylic acids is 1. The lowest BCUT2D eigenvalue weighted by Gasteiger charge is -2.28. The number of anilines is 2. The summed E-state index contributed by atoms with van der Waals surface area (Å²) in [6.45, 7) is 6.35. The summed E-state index contributed by atoms with van der Waals surface area (Å²) in [7, 11) is 0. The van der Waals surface area contributed by atoms with Gasteiger partial charge in [0.1, 0.15) is 5.82 Å². The van der Waals surface area contributed by atoms with Crippen molar-refractivity contribution in [2.45, 2.75) is 6.54 Å². The van der Waals surface area contributed by atoms with Gasteiger partial charge in [-0.2, -0.15) is 0 Å². The van der Waals surface area contributed by atoms with Crippen LogP contribution >= 0.6 is 0 Å². The van der Waals surface area contributed by atoms with Crippen LogP contribution in [0, 0.1) is 0 Å². The summed E-state index contributed by atoms with van der Waals surface area (Å²) in [5.41, 5.74) is 3.62. The zero-order valence-electron chi connectivity index (χ0n) is 19.0. The number of benzene rings is 1. The maximum absolute atomic E-state index is 12.8. The fourth-order valence-corrected chi connectivity index (χ4v) is 4.06. The third kappa shape index (κ3) is 5.32. The molecule has 176 valence electrons. The second kappa shape index (κ2) is 10.6. The third-order valence-corrected chi connectivity index (χ3v) is 5.98. The van der Waals surface area contributed by atoms with Gasteiger partial charge in [0, 0.05) is 62.6 Å². The molecule has 0 unspecified atom stereocenters. The molecule has 34 heavy (non-hydrogen) atoms. The number of aromatic nitrogens is 3. The first-order valence-corrected chi connectivity index (χ1v) is 11.6. The first-order valence-electron chi connectivity index (χ1n) is 11.6. The number of rotatable bonds is 6. The molecule has 2 saturated heterocycles. The molecule has 2 fully saturated rings. The van der Waals surface area contributed by atoms with Gasteiger partial charge in [-0.05, 0) is 29.8 Å². The molecule has 9 nitrogen and oxygen atoms in total. The second-order valence-corrected chi connectivity index (χ2v) is 8.25. The molecule has 2 aromatic heterocycles. The maximum Gasteiger partial charge on any atom is 0.255 e. The molecule has 0 atom stereocenters. The molecule has 1 N–H and O–H groups in total. The first kappa shape index (κ1) is 22.2. The quantitative estimate of drug-likeness (QED) is 0.600. The number of morpholine rings is 2. The highest BCUT2D eigenvalue weighted by molar-refractivity contribution is 5.95. The van der Waals surface area contributed by atoms with Crippen molar-refractivity contribution < 1.29 is 14.3 Å². The Balaban J connectivity index is 1.23. The van der Waals surface area contributed by atoms with Gasteiger partial charge in [0.05, 0.1) is 32.0 Å². The smallest absolute Gasteiger partial charge is 0.255 e. The van der Waals surface area contributed by atoms with Crippen molar-refractivity contribution in [1.29, 1.82) is 0 Å². The van der Waals surface area contributed by atoms with Gasteiger partial charge < -0.3 is 24.6 Å². The number of nitrogens with zero attached hydrogens (tertiary/aromatic N) is 5. The highest BCUT2D eigenvalue weighted by atomic mass is 16.5. The molecular formula is C25H28N6O3. The minimum atomic E-state index is -0.0487. The lowest BCUT2D eigenvalue weighted by atomic mass is 10.1. The average molecular weight is 461 g/mol. The normalized spacial score (nSPS) is 16.4. The van der Waals surface area contributed by atoms with Crippen molar-refractivity contribution in [3.05, 3.63) is 66.1 Å². The lowest BCUT2D eigenvalue weighted by molar-refractivity contribution is 0.0302. The molecular weight excluding hydrogens is 432 g/mol. The summed E-state index contributed by atoms with van der Waals surface area (Å²) >= 11 is 0. The fourth-order valence-electron chi connectivity index (χ4n) is 4.06. The molecule has 0 saturated carbocycles. The average Bonchev–Trinajstić information content (AvgIpc) is 2.93. The molecule has 3 aromatic rings. The summed E-state index contributed by atoms with van der Waals surface area (Å²) in [6, 6.07) is 12.2. The number of nitrogens with one attached hydrogen (secondary N) is 1. The minimum Gasteiger partial charge on any atom is -0.378 e. The standard InChI is InChI=1S/C25H28N6O3/c32-25(31-9-13-34-14-10-31)21-15-20(17-26-18-21)24-27-6-5-23(29-24)28-16-19-1-3-22(4-2-19)30-7-11-33-12-8-30/h1-6,15,17-18H,7-14,16H2,(H,27,28,29). The molecule has 0 radical (unpaired) electrons. The van der Waals surface area contributed by atoms with Crippen LogP contribution in [0.3, 0.4) is 0 Å². The second-order valence-electron chi connectivity index (χ2n) is 8.25. The van der Waals surface area contributed by atoms with Crippen LogP contribution < -0.4 is 10.2 Å². The van der Waals surface area contributed by atoms with Crippen molar-refractivity contribution >= 4 is 17.4 Å². The molecule has 2 aliphatic rings. The van der Waals surface area contributed by atoms with E-state index in [1.807, 2.05) is 6.07 Å². The van der Waals surface area contributed by atoms with Gasteiger partial charge in [-0.1, -0.05) is 12.1 Å². The Morgan fingerprint density at radius 3 is 2.44 bits per heavy atom. The van der Waals surface area contributed by atoms with Crippen molar-refractivity contribution in [2.24, 2.45) is 0 Å². The topological polar surface area (TPSA) is 92.7 Å². The summed E-state index contributed by atoms with van der Waals surface area (Å²) in [4.78, 5) is 30.2. The summed E-state index contributed by atoms with van der Waals surface area (Å²) < 4.78 is 10.8. The number of amides is 1. The Morgan fingerprint density at radius 2 is 1.68 bits per heavy atom. The Hall–Kier alpha value is -3.56. The van der Waals surface area contributed by atoms with Crippen LogP contribution in [0.25, 0.3) is 11.4 Å². The van der Waals surface area contributed by atoms with Crippen LogP contribution in [0.15, 0.2) is 55.0 Å². The molecule has 0 aliphatic carbocycles. The highest BCUT2D eigenvalue weighted by Gasteiger charge is 2.19. The summed E-state index contributed by atoms with van der Waals surface area (Å²) in [5, 5.41) is 3.37. The predicted octanol–water partition coefficient (Wildman–Crippen LogP) is 2.46. The van der Waals surface area contributed by atoms with Gasteiger partial charge in [-0.15, -0.1) is 0 Å². The van der Waals surface area contributed by atoms with Crippen LogP contribution in [0.2, 0.25) is 0 Å². The van der Waals surface area contributed by atoms with E-state index in [1.165, 1.54) is 5.69 Å². The van der Waals surface area contributed by atoms with E-state index in [0.717, 1.165) is 31.9 Å². The molecule has 2 aliphatic heterocycles. The SMILES string of the molecule is O=C(c1cncc(-c2nccc(NCc3ccc(N4CCOCC4)cc3)n2)c1)N1CCOCC1. The number of ether oxygens (including phenoxy) is 2. The van der Waals surface area contributed by atoms with Crippen LogP contribution in [0.5, 0.6) is 0 Å². The Bertz CT molecular complexity index is 1110. The van der Waals surface area contributed by atoms with Gasteiger partial charge in [0.25, 0.3) is 5.91 Å². The van der Waals surface area contributed by atoms with Crippen molar-refractivity contribution in [3.63, 3.8) is 0 Å². The third-order valence-electron chi connectivity index (χ3n) is 5.98. The summed E-state index contributed by atoms with van der Waals surface area (Å²) in [6.07, 6.45) is 4.98. The number of hydrogen-bond acceptors (Lipinski definition) is 8. The minimum absolute atomic E-state index is 0.0487. The molecule has 5 rings (SSSR count). The molecule has 1 amide bonds. The fraction of sp³-hybridized carbons (Fsp3) is 0.360. The largest absolute Gasteiger partial charge is 0.378 e. The van der Waals surface area contributed by atoms with Gasteiger partial charge in [0.15, 0.2) is 5.82 Å². The lowest BCUT2D eigenvalue weighted by Crippen LogP contribution is -2.40. The Morgan fingerprint density at radius 1 is 0.941 bits per heavy atom. The molecule has 9 heteroatoms. The Kier molecular flexibility index (Phi) is 6.92. The predicted molar refractivity (Wildman–Crippen MR) is 129 cm³/mol. The van der Waals surface area contributed by atoms with Gasteiger partial charge in [-0.3, -0.25) is 9.78 Å². The monoisotopic (exact) mass is 460 g/mol. The van der Waals surface area contributed by atoms with Crippen LogP contribution in [-0.4, -0.2) is 78.4 Å². The van der Waals surface area contributed by atoms with E-state index >= 15 is 0 Å². The van der Waals surface area contributed by atoms with E-state index in [2.05, 4.69) is 49.4 Å². The molecule has 4 heterocycles. The Labute approximate surface area is 198 Å². The van der Waals surface area contributed by atoms with Crippen molar-refractivity contribution in [3.8, 4) is 11.4 Å². The van der Waals surface area contributed by atoms with Crippen molar-refractivity contribution in [2.75, 3.05) is 62.8 Å². The van der Waals surface area contributed by atoms with Crippen LogP contribution in [-0.2, 0) is 16.0 Å². The van der Waals surface area contributed by atoms with E-state index < -0.39 is 0 Å². The highest BCUT2D eigenvalue weighted by Crippen LogP contribution is 2.20. The van der Waals surface area contributed by atoms with E-state index in [9.17, 15) is 4.79 Å². The van der Waals surface area contributed by atoms with Gasteiger partial charge in [0.2, 0.25) is 0 Å². The van der Waals surface area contributed by atoms with Gasteiger partial charge >= 0.3 is 0 Å². The molecule has 0 bridgehead atoms.